The number of benzene rings is 1. The Labute approximate surface area is 183 Å². The average Bonchev–Trinajstić information content (AvgIpc) is 3.31. The zero-order chi connectivity index (χ0) is 21.7. The van der Waals surface area contributed by atoms with Gasteiger partial charge in [0.2, 0.25) is 5.91 Å². The molecule has 1 aromatic carbocycles. The molecule has 2 heterocycles. The Morgan fingerprint density at radius 2 is 2.07 bits per heavy atom. The minimum atomic E-state index is -0.327. The molecule has 30 heavy (non-hydrogen) atoms. The molecule has 10 heteroatoms. The van der Waals surface area contributed by atoms with Gasteiger partial charge in [-0.2, -0.15) is 0 Å². The molecule has 0 aliphatic heterocycles. The van der Waals surface area contributed by atoms with E-state index in [9.17, 15) is 9.59 Å². The van der Waals surface area contributed by atoms with Crippen LogP contribution in [0, 0.1) is 13.8 Å². The highest BCUT2D eigenvalue weighted by atomic mass is 32.2. The molecule has 0 fully saturated rings. The van der Waals surface area contributed by atoms with E-state index in [0.717, 1.165) is 11.3 Å². The fourth-order valence-electron chi connectivity index (χ4n) is 2.85. The molecule has 0 spiro atoms. The number of hydrogen-bond acceptors (Lipinski definition) is 7. The van der Waals surface area contributed by atoms with Crippen LogP contribution in [-0.2, 0) is 11.3 Å². The highest BCUT2D eigenvalue weighted by molar-refractivity contribution is 7.99. The molecule has 8 nitrogen and oxygen atoms in total. The number of carbonyl (C=O) groups is 2. The highest BCUT2D eigenvalue weighted by Crippen LogP contribution is 2.22. The van der Waals surface area contributed by atoms with Crippen LogP contribution in [0.3, 0.4) is 0 Å². The summed E-state index contributed by atoms with van der Waals surface area (Å²) in [6.45, 7) is 8.30. The minimum absolute atomic E-state index is 0.151. The second-order valence-electron chi connectivity index (χ2n) is 6.78. The predicted molar refractivity (Wildman–Crippen MR) is 119 cm³/mol. The number of amides is 2. The Kier molecular flexibility index (Phi) is 7.22. The van der Waals surface area contributed by atoms with Gasteiger partial charge < -0.3 is 15.2 Å². The molecular weight excluding hydrogens is 420 g/mol. The third-order valence-electron chi connectivity index (χ3n) is 4.27. The van der Waals surface area contributed by atoms with E-state index < -0.39 is 0 Å². The number of thioether (sulfide) groups is 1. The van der Waals surface area contributed by atoms with Gasteiger partial charge in [-0.1, -0.05) is 29.5 Å². The Balaban J connectivity index is 1.62. The molecule has 2 N–H and O–H groups in total. The quantitative estimate of drug-likeness (QED) is 0.515. The lowest BCUT2D eigenvalue weighted by molar-refractivity contribution is -0.113. The minimum Gasteiger partial charge on any atom is -0.342 e. The fraction of sp³-hybridized carbons (Fsp3) is 0.350. The Hall–Kier alpha value is -2.72. The molecule has 2 aromatic heterocycles. The molecule has 3 aromatic rings. The van der Waals surface area contributed by atoms with Gasteiger partial charge in [-0.3, -0.25) is 9.59 Å². The topological polar surface area (TPSA) is 102 Å². The monoisotopic (exact) mass is 444 g/mol. The largest absolute Gasteiger partial charge is 0.342 e. The van der Waals surface area contributed by atoms with Gasteiger partial charge in [-0.05, 0) is 39.8 Å². The first-order valence-electron chi connectivity index (χ1n) is 9.52. The first-order chi connectivity index (χ1) is 14.4. The van der Waals surface area contributed by atoms with E-state index in [0.29, 0.717) is 28.2 Å². The Morgan fingerprint density at radius 1 is 1.27 bits per heavy atom. The summed E-state index contributed by atoms with van der Waals surface area (Å²) < 4.78 is 1.91. The number of nitrogens with one attached hydrogen (secondary N) is 2. The van der Waals surface area contributed by atoms with Crippen molar-refractivity contribution in [3.63, 3.8) is 0 Å². The average molecular weight is 445 g/mol. The molecule has 0 aliphatic rings. The van der Waals surface area contributed by atoms with Gasteiger partial charge >= 0.3 is 0 Å². The maximum absolute atomic E-state index is 12.5. The van der Waals surface area contributed by atoms with E-state index in [1.54, 1.807) is 6.07 Å². The Morgan fingerprint density at radius 3 is 2.73 bits per heavy atom. The second kappa shape index (κ2) is 9.86. The molecule has 0 saturated heterocycles. The van der Waals surface area contributed by atoms with Crippen molar-refractivity contribution in [2.75, 3.05) is 11.1 Å². The maximum atomic E-state index is 12.5. The van der Waals surface area contributed by atoms with Gasteiger partial charge in [0.1, 0.15) is 0 Å². The van der Waals surface area contributed by atoms with Crippen molar-refractivity contribution >= 4 is 40.0 Å². The standard InChI is InChI=1S/C20H24N6O2S2/c1-5-26-17(14(4)22-18(28)15-8-6-7-12(2)9-15)24-25-20(26)30-11-16(27)23-19-21-13(3)10-29-19/h6-10,14H,5,11H2,1-4H3,(H,22,28)(H,21,23,27). The van der Waals surface area contributed by atoms with E-state index in [1.807, 2.05) is 55.8 Å². The number of aryl methyl sites for hydroxylation is 2. The molecule has 1 atom stereocenters. The Bertz CT molecular complexity index is 1050. The number of hydrogen-bond donors (Lipinski definition) is 2. The van der Waals surface area contributed by atoms with Gasteiger partial charge in [0.05, 0.1) is 17.5 Å². The van der Waals surface area contributed by atoms with Crippen LogP contribution < -0.4 is 10.6 Å². The van der Waals surface area contributed by atoms with Gasteiger partial charge in [-0.15, -0.1) is 21.5 Å². The third kappa shape index (κ3) is 5.45. The van der Waals surface area contributed by atoms with E-state index in [4.69, 9.17) is 0 Å². The molecule has 2 amide bonds. The first kappa shape index (κ1) is 22.0. The molecule has 0 aliphatic carbocycles. The molecule has 1 unspecified atom stereocenters. The molecule has 0 bridgehead atoms. The van der Waals surface area contributed by atoms with Crippen LogP contribution in [0.4, 0.5) is 5.13 Å². The number of rotatable bonds is 8. The predicted octanol–water partition coefficient (Wildman–Crippen LogP) is 3.59. The first-order valence-corrected chi connectivity index (χ1v) is 11.4. The van der Waals surface area contributed by atoms with E-state index in [1.165, 1.54) is 23.1 Å². The SMILES string of the molecule is CCn1c(SCC(=O)Nc2nc(C)cs2)nnc1C(C)NC(=O)c1cccc(C)c1. The molecule has 3 rings (SSSR count). The van der Waals surface area contributed by atoms with Crippen molar-refractivity contribution in [3.05, 3.63) is 52.3 Å². The maximum Gasteiger partial charge on any atom is 0.251 e. The van der Waals surface area contributed by atoms with Gasteiger partial charge in [0.15, 0.2) is 16.1 Å². The number of anilines is 1. The summed E-state index contributed by atoms with van der Waals surface area (Å²) in [5.74, 6) is 0.532. The van der Waals surface area contributed by atoms with Crippen molar-refractivity contribution in [3.8, 4) is 0 Å². The number of carbonyl (C=O) groups excluding carboxylic acids is 2. The van der Waals surface area contributed by atoms with Crippen LogP contribution in [-0.4, -0.2) is 37.3 Å². The lowest BCUT2D eigenvalue weighted by atomic mass is 10.1. The van der Waals surface area contributed by atoms with Crippen LogP contribution in [0.2, 0.25) is 0 Å². The summed E-state index contributed by atoms with van der Waals surface area (Å²) in [6.07, 6.45) is 0. The number of thiazole rings is 1. The van der Waals surface area contributed by atoms with Crippen molar-refractivity contribution < 1.29 is 9.59 Å². The summed E-state index contributed by atoms with van der Waals surface area (Å²) in [4.78, 5) is 29.0. The van der Waals surface area contributed by atoms with Gasteiger partial charge in [0.25, 0.3) is 5.91 Å². The summed E-state index contributed by atoms with van der Waals surface area (Å²) in [6, 6.07) is 7.10. The highest BCUT2D eigenvalue weighted by Gasteiger charge is 2.20. The fourth-order valence-corrected chi connectivity index (χ4v) is 4.37. The molecule has 0 saturated carbocycles. The smallest absolute Gasteiger partial charge is 0.251 e. The summed E-state index contributed by atoms with van der Waals surface area (Å²) in [5, 5.41) is 17.3. The third-order valence-corrected chi connectivity index (χ3v) is 6.12. The molecular formula is C20H24N6O2S2. The number of nitrogens with zero attached hydrogens (tertiary/aromatic N) is 4. The van der Waals surface area contributed by atoms with Crippen molar-refractivity contribution in [2.24, 2.45) is 0 Å². The zero-order valence-corrected chi connectivity index (χ0v) is 18.9. The van der Waals surface area contributed by atoms with Crippen molar-refractivity contribution in [2.45, 2.75) is 45.4 Å². The van der Waals surface area contributed by atoms with Crippen LogP contribution in [0.1, 0.15) is 47.3 Å². The van der Waals surface area contributed by atoms with Crippen molar-refractivity contribution in [1.82, 2.24) is 25.1 Å². The lowest BCUT2D eigenvalue weighted by Gasteiger charge is -2.15. The van der Waals surface area contributed by atoms with E-state index in [2.05, 4.69) is 25.8 Å². The lowest BCUT2D eigenvalue weighted by Crippen LogP contribution is -2.28. The van der Waals surface area contributed by atoms with Gasteiger partial charge in [0, 0.05) is 17.5 Å². The van der Waals surface area contributed by atoms with Crippen LogP contribution in [0.25, 0.3) is 0 Å². The van der Waals surface area contributed by atoms with E-state index in [-0.39, 0.29) is 23.6 Å². The van der Waals surface area contributed by atoms with E-state index >= 15 is 0 Å². The van der Waals surface area contributed by atoms with Crippen molar-refractivity contribution in [1.29, 1.82) is 0 Å². The van der Waals surface area contributed by atoms with Crippen LogP contribution in [0.5, 0.6) is 0 Å². The normalized spacial score (nSPS) is 11.9. The molecule has 158 valence electrons. The van der Waals surface area contributed by atoms with Crippen LogP contribution in [0.15, 0.2) is 34.8 Å². The molecule has 0 radical (unpaired) electrons. The zero-order valence-electron chi connectivity index (χ0n) is 17.3. The number of aromatic nitrogens is 4. The van der Waals surface area contributed by atoms with Crippen LogP contribution >= 0.6 is 23.1 Å². The summed E-state index contributed by atoms with van der Waals surface area (Å²) >= 11 is 2.70. The second-order valence-corrected chi connectivity index (χ2v) is 8.58. The van der Waals surface area contributed by atoms with Gasteiger partial charge in [-0.25, -0.2) is 4.98 Å². The summed E-state index contributed by atoms with van der Waals surface area (Å²) in [5.41, 5.74) is 2.50. The summed E-state index contributed by atoms with van der Waals surface area (Å²) in [7, 11) is 0.